The maximum atomic E-state index is 10.1. The predicted octanol–water partition coefficient (Wildman–Crippen LogP) is 2.44. The highest BCUT2D eigenvalue weighted by atomic mass is 127. The van der Waals surface area contributed by atoms with Gasteiger partial charge in [-0.05, 0) is 34.0 Å². The van der Waals surface area contributed by atoms with Gasteiger partial charge in [0.05, 0.1) is 8.57 Å². The molecule has 1 heterocycles. The van der Waals surface area contributed by atoms with Crippen molar-refractivity contribution < 1.29 is 9.90 Å². The van der Waals surface area contributed by atoms with E-state index in [1.807, 2.05) is 5.38 Å². The number of nitrogens with one attached hydrogen (secondary N) is 1. The average molecular weight is 269 g/mol. The smallest absolute Gasteiger partial charge is 0.409 e. The Labute approximate surface area is 75.2 Å². The van der Waals surface area contributed by atoms with Crippen LogP contribution in [0.1, 0.15) is 0 Å². The molecule has 1 rings (SSSR count). The van der Waals surface area contributed by atoms with Gasteiger partial charge >= 0.3 is 6.09 Å². The lowest BCUT2D eigenvalue weighted by Gasteiger charge is -1.94. The van der Waals surface area contributed by atoms with Crippen LogP contribution in [0.2, 0.25) is 0 Å². The monoisotopic (exact) mass is 269 g/mol. The minimum Gasteiger partial charge on any atom is -0.465 e. The van der Waals surface area contributed by atoms with Crippen LogP contribution < -0.4 is 5.32 Å². The van der Waals surface area contributed by atoms with Gasteiger partial charge in [-0.1, -0.05) is 0 Å². The van der Waals surface area contributed by atoms with Crippen molar-refractivity contribution in [1.82, 2.24) is 0 Å². The molecule has 0 aliphatic rings. The van der Waals surface area contributed by atoms with Gasteiger partial charge in [-0.15, -0.1) is 11.3 Å². The lowest BCUT2D eigenvalue weighted by Crippen LogP contribution is -2.06. The van der Waals surface area contributed by atoms with Gasteiger partial charge < -0.3 is 5.11 Å². The van der Waals surface area contributed by atoms with Crippen LogP contribution in [-0.2, 0) is 0 Å². The number of amides is 1. The first-order valence-corrected chi connectivity index (χ1v) is 4.39. The zero-order valence-corrected chi connectivity index (χ0v) is 7.77. The summed E-state index contributed by atoms with van der Waals surface area (Å²) in [6.45, 7) is 0. The quantitative estimate of drug-likeness (QED) is 0.769. The average Bonchev–Trinajstić information content (AvgIpc) is 2.15. The molecule has 10 heavy (non-hydrogen) atoms. The van der Waals surface area contributed by atoms with Crippen LogP contribution in [0.3, 0.4) is 0 Å². The Balaban J connectivity index is 2.74. The zero-order valence-electron chi connectivity index (χ0n) is 4.80. The van der Waals surface area contributed by atoms with Gasteiger partial charge in [0, 0.05) is 0 Å². The standard InChI is InChI=1S/C5H4INO2S/c6-4-3(1-2-10-4)7-5(8)9/h1-2,7H,(H,8,9). The lowest BCUT2D eigenvalue weighted by atomic mass is 10.5. The Hall–Kier alpha value is -0.300. The molecule has 0 saturated carbocycles. The Kier molecular flexibility index (Phi) is 2.50. The van der Waals surface area contributed by atoms with E-state index in [1.165, 1.54) is 11.3 Å². The van der Waals surface area contributed by atoms with Crippen LogP contribution in [0.5, 0.6) is 0 Å². The first kappa shape index (κ1) is 7.80. The molecule has 0 aliphatic heterocycles. The Morgan fingerprint density at radius 1 is 1.80 bits per heavy atom. The molecule has 0 bridgehead atoms. The molecule has 1 aromatic heterocycles. The molecule has 5 heteroatoms. The SMILES string of the molecule is O=C(O)Nc1ccsc1I. The van der Waals surface area contributed by atoms with E-state index in [2.05, 4.69) is 27.9 Å². The lowest BCUT2D eigenvalue weighted by molar-refractivity contribution is 0.210. The predicted molar refractivity (Wildman–Crippen MR) is 48.7 cm³/mol. The number of carboxylic acid groups (broad SMARTS) is 1. The number of rotatable bonds is 1. The topological polar surface area (TPSA) is 49.3 Å². The molecule has 0 aromatic carbocycles. The fourth-order valence-corrected chi connectivity index (χ4v) is 1.82. The van der Waals surface area contributed by atoms with Crippen molar-refractivity contribution in [2.75, 3.05) is 5.32 Å². The molecule has 0 spiro atoms. The van der Waals surface area contributed by atoms with E-state index in [0.29, 0.717) is 5.69 Å². The van der Waals surface area contributed by atoms with E-state index in [9.17, 15) is 4.79 Å². The third kappa shape index (κ3) is 1.84. The highest BCUT2D eigenvalue weighted by Gasteiger charge is 2.02. The second-order valence-electron chi connectivity index (χ2n) is 1.54. The highest BCUT2D eigenvalue weighted by molar-refractivity contribution is 14.1. The van der Waals surface area contributed by atoms with Gasteiger partial charge in [-0.2, -0.15) is 0 Å². The number of hydrogen-bond acceptors (Lipinski definition) is 2. The Morgan fingerprint density at radius 2 is 2.50 bits per heavy atom. The summed E-state index contributed by atoms with van der Waals surface area (Å²) in [5, 5.41) is 12.4. The normalized spacial score (nSPS) is 9.30. The van der Waals surface area contributed by atoms with Crippen LogP contribution in [0.15, 0.2) is 11.4 Å². The molecule has 0 radical (unpaired) electrons. The van der Waals surface area contributed by atoms with Crippen LogP contribution in [0.4, 0.5) is 10.5 Å². The van der Waals surface area contributed by atoms with E-state index in [4.69, 9.17) is 5.11 Å². The summed E-state index contributed by atoms with van der Waals surface area (Å²) in [5.41, 5.74) is 0.665. The van der Waals surface area contributed by atoms with Gasteiger partial charge in [-0.3, -0.25) is 5.32 Å². The van der Waals surface area contributed by atoms with E-state index in [0.717, 1.165) is 2.88 Å². The van der Waals surface area contributed by atoms with Crippen LogP contribution in [0, 0.1) is 2.88 Å². The molecule has 1 aromatic rings. The molecule has 0 fully saturated rings. The highest BCUT2D eigenvalue weighted by Crippen LogP contribution is 2.23. The van der Waals surface area contributed by atoms with Crippen molar-refractivity contribution in [3.8, 4) is 0 Å². The van der Waals surface area contributed by atoms with E-state index in [1.54, 1.807) is 6.07 Å². The first-order valence-electron chi connectivity index (χ1n) is 2.43. The van der Waals surface area contributed by atoms with Crippen molar-refractivity contribution in [3.05, 3.63) is 14.3 Å². The molecule has 3 nitrogen and oxygen atoms in total. The second-order valence-corrected chi connectivity index (χ2v) is 4.26. The van der Waals surface area contributed by atoms with E-state index >= 15 is 0 Å². The van der Waals surface area contributed by atoms with E-state index in [-0.39, 0.29) is 0 Å². The molecule has 1 amide bonds. The summed E-state index contributed by atoms with van der Waals surface area (Å²) in [6.07, 6.45) is -1.02. The molecule has 2 N–H and O–H groups in total. The maximum absolute atomic E-state index is 10.1. The molecule has 0 unspecified atom stereocenters. The van der Waals surface area contributed by atoms with E-state index < -0.39 is 6.09 Å². The molecule has 0 atom stereocenters. The minimum atomic E-state index is -1.02. The Bertz CT molecular complexity index is 248. The van der Waals surface area contributed by atoms with Gasteiger partial charge in [0.15, 0.2) is 0 Å². The number of anilines is 1. The van der Waals surface area contributed by atoms with Gasteiger partial charge in [0.2, 0.25) is 0 Å². The van der Waals surface area contributed by atoms with Crippen molar-refractivity contribution in [2.45, 2.75) is 0 Å². The number of halogens is 1. The van der Waals surface area contributed by atoms with Crippen molar-refractivity contribution in [3.63, 3.8) is 0 Å². The summed E-state index contributed by atoms with van der Waals surface area (Å²) in [7, 11) is 0. The number of thiophene rings is 1. The molecule has 0 aliphatic carbocycles. The second kappa shape index (κ2) is 3.20. The number of carbonyl (C=O) groups is 1. The summed E-state index contributed by atoms with van der Waals surface area (Å²) in [4.78, 5) is 10.1. The first-order chi connectivity index (χ1) is 4.70. The van der Waals surface area contributed by atoms with Crippen LogP contribution in [-0.4, -0.2) is 11.2 Å². The fraction of sp³-hybridized carbons (Fsp3) is 0. The maximum Gasteiger partial charge on any atom is 0.409 e. The van der Waals surface area contributed by atoms with Crippen molar-refractivity contribution >= 4 is 45.7 Å². The van der Waals surface area contributed by atoms with Crippen LogP contribution >= 0.6 is 33.9 Å². The zero-order chi connectivity index (χ0) is 7.56. The van der Waals surface area contributed by atoms with Crippen molar-refractivity contribution in [1.29, 1.82) is 0 Å². The van der Waals surface area contributed by atoms with Gasteiger partial charge in [0.25, 0.3) is 0 Å². The minimum absolute atomic E-state index is 0.665. The molecular weight excluding hydrogens is 265 g/mol. The van der Waals surface area contributed by atoms with Gasteiger partial charge in [0.1, 0.15) is 0 Å². The van der Waals surface area contributed by atoms with Crippen LogP contribution in [0.25, 0.3) is 0 Å². The molecule has 0 saturated heterocycles. The summed E-state index contributed by atoms with van der Waals surface area (Å²) in [6, 6.07) is 1.74. The molecular formula is C5H4INO2S. The summed E-state index contributed by atoms with van der Waals surface area (Å²) >= 11 is 3.59. The summed E-state index contributed by atoms with van der Waals surface area (Å²) < 4.78 is 0.958. The molecule has 54 valence electrons. The largest absolute Gasteiger partial charge is 0.465 e. The van der Waals surface area contributed by atoms with Gasteiger partial charge in [-0.25, -0.2) is 4.79 Å². The third-order valence-electron chi connectivity index (χ3n) is 0.860. The number of hydrogen-bond donors (Lipinski definition) is 2. The fourth-order valence-electron chi connectivity index (χ4n) is 0.497. The summed E-state index contributed by atoms with van der Waals surface area (Å²) in [5.74, 6) is 0. The Morgan fingerprint density at radius 3 is 2.90 bits per heavy atom. The third-order valence-corrected chi connectivity index (χ3v) is 2.90. The van der Waals surface area contributed by atoms with Crippen molar-refractivity contribution in [2.24, 2.45) is 0 Å².